The highest BCUT2D eigenvalue weighted by Crippen LogP contribution is 2.43. The molecular formula is C17H24BrN3O2. The molecule has 1 N–H and O–H groups in total. The van der Waals surface area contributed by atoms with Gasteiger partial charge in [0.05, 0.1) is 24.7 Å². The number of hydrazone groups is 1. The Bertz CT molecular complexity index is 606. The highest BCUT2D eigenvalue weighted by Gasteiger charge is 2.38. The number of hydrogen-bond donors (Lipinski definition) is 1. The van der Waals surface area contributed by atoms with Crippen molar-refractivity contribution in [2.45, 2.75) is 25.8 Å². The minimum atomic E-state index is 0.179. The van der Waals surface area contributed by atoms with Crippen LogP contribution in [0, 0.1) is 5.92 Å². The fourth-order valence-corrected chi connectivity index (χ4v) is 4.30. The van der Waals surface area contributed by atoms with Crippen molar-refractivity contribution in [3.8, 4) is 11.5 Å². The van der Waals surface area contributed by atoms with Crippen LogP contribution in [0.1, 0.15) is 31.4 Å². The van der Waals surface area contributed by atoms with Gasteiger partial charge in [0.15, 0.2) is 11.5 Å². The van der Waals surface area contributed by atoms with E-state index in [1.807, 2.05) is 6.07 Å². The number of likely N-dealkylation sites (tertiary alicyclic amines) is 1. The first-order chi connectivity index (χ1) is 11.2. The molecule has 6 heteroatoms. The maximum absolute atomic E-state index is 5.52. The van der Waals surface area contributed by atoms with E-state index in [1.165, 1.54) is 17.7 Å². The average Bonchev–Trinajstić information content (AvgIpc) is 2.98. The van der Waals surface area contributed by atoms with E-state index < -0.39 is 0 Å². The van der Waals surface area contributed by atoms with Crippen molar-refractivity contribution in [2.24, 2.45) is 11.0 Å². The molecule has 2 unspecified atom stereocenters. The van der Waals surface area contributed by atoms with E-state index in [1.54, 1.807) is 14.2 Å². The maximum atomic E-state index is 5.52. The van der Waals surface area contributed by atoms with Gasteiger partial charge in [-0.2, -0.15) is 5.10 Å². The Morgan fingerprint density at radius 1 is 1.35 bits per heavy atom. The Morgan fingerprint density at radius 2 is 2.17 bits per heavy atom. The zero-order valence-electron chi connectivity index (χ0n) is 13.9. The molecular weight excluding hydrogens is 358 g/mol. The number of ether oxygens (including phenoxy) is 2. The summed E-state index contributed by atoms with van der Waals surface area (Å²) in [7, 11) is 3.32. The molecule has 5 nitrogen and oxygen atoms in total. The molecule has 23 heavy (non-hydrogen) atoms. The second-order valence-electron chi connectivity index (χ2n) is 6.07. The van der Waals surface area contributed by atoms with E-state index in [4.69, 9.17) is 9.47 Å². The molecule has 0 bridgehead atoms. The van der Waals surface area contributed by atoms with E-state index in [-0.39, 0.29) is 6.04 Å². The topological polar surface area (TPSA) is 46.1 Å². The monoisotopic (exact) mass is 381 g/mol. The molecule has 2 atom stereocenters. The van der Waals surface area contributed by atoms with E-state index in [0.717, 1.165) is 42.0 Å². The van der Waals surface area contributed by atoms with Gasteiger partial charge in [-0.05, 0) is 40.5 Å². The Balaban J connectivity index is 1.88. The van der Waals surface area contributed by atoms with Crippen LogP contribution >= 0.6 is 15.9 Å². The molecule has 3 rings (SSSR count). The number of nitrogens with one attached hydrogen (secondary N) is 1. The lowest BCUT2D eigenvalue weighted by atomic mass is 9.86. The quantitative estimate of drug-likeness (QED) is 0.850. The first kappa shape index (κ1) is 16.6. The fraction of sp³-hybridized carbons (Fsp3) is 0.588. The van der Waals surface area contributed by atoms with Crippen molar-refractivity contribution >= 4 is 21.6 Å². The van der Waals surface area contributed by atoms with Gasteiger partial charge < -0.3 is 19.8 Å². The van der Waals surface area contributed by atoms with Gasteiger partial charge in [-0.1, -0.05) is 13.0 Å². The van der Waals surface area contributed by atoms with Crippen LogP contribution < -0.4 is 14.9 Å². The predicted octanol–water partition coefficient (Wildman–Crippen LogP) is 3.20. The number of fused-ring (bicyclic) bond motifs is 1. The molecule has 0 radical (unpaired) electrons. The van der Waals surface area contributed by atoms with Crippen molar-refractivity contribution in [3.05, 3.63) is 22.2 Å². The Labute approximate surface area is 146 Å². The Morgan fingerprint density at radius 3 is 2.87 bits per heavy atom. The van der Waals surface area contributed by atoms with E-state index in [0.29, 0.717) is 5.92 Å². The van der Waals surface area contributed by atoms with Gasteiger partial charge in [0, 0.05) is 31.1 Å². The van der Waals surface area contributed by atoms with Crippen molar-refractivity contribution in [2.75, 3.05) is 33.9 Å². The average molecular weight is 382 g/mol. The van der Waals surface area contributed by atoms with Crippen molar-refractivity contribution in [1.29, 1.82) is 0 Å². The summed E-state index contributed by atoms with van der Waals surface area (Å²) >= 11 is 3.70. The van der Waals surface area contributed by atoms with Crippen LogP contribution in [0.5, 0.6) is 11.5 Å². The number of methoxy groups -OCH3 is 2. The van der Waals surface area contributed by atoms with E-state index >= 15 is 0 Å². The molecule has 1 aromatic carbocycles. The summed E-state index contributed by atoms with van der Waals surface area (Å²) in [6, 6.07) is 4.24. The molecule has 0 saturated carbocycles. The summed E-state index contributed by atoms with van der Waals surface area (Å²) in [4.78, 5) is 2.54. The minimum absolute atomic E-state index is 0.179. The third-order valence-corrected chi connectivity index (χ3v) is 5.52. The lowest BCUT2D eigenvalue weighted by Crippen LogP contribution is -2.42. The first-order valence-corrected chi connectivity index (χ1v) is 8.93. The standard InChI is InChI=1S/C17H24BrN3O2/c1-4-8-21-9-7-13-12(10-21)16(20-19-13)11-5-6-14(22-2)17(23-3)15(11)18/h5-6,12,16,20H,4,7-10H2,1-3H3. The van der Waals surface area contributed by atoms with E-state index in [2.05, 4.69) is 44.3 Å². The molecule has 126 valence electrons. The van der Waals surface area contributed by atoms with Crippen LogP contribution in [0.2, 0.25) is 0 Å². The Kier molecular flexibility index (Phi) is 5.11. The summed E-state index contributed by atoms with van der Waals surface area (Å²) in [5.41, 5.74) is 5.81. The zero-order chi connectivity index (χ0) is 16.4. The molecule has 2 aliphatic rings. The van der Waals surface area contributed by atoms with E-state index in [9.17, 15) is 0 Å². The largest absolute Gasteiger partial charge is 0.493 e. The van der Waals surface area contributed by atoms with Crippen LogP contribution in [0.3, 0.4) is 0 Å². The van der Waals surface area contributed by atoms with Crippen molar-refractivity contribution in [1.82, 2.24) is 10.3 Å². The molecule has 0 spiro atoms. The lowest BCUT2D eigenvalue weighted by molar-refractivity contribution is 0.228. The second-order valence-corrected chi connectivity index (χ2v) is 6.86. The number of piperidine rings is 1. The van der Waals surface area contributed by atoms with Crippen LogP contribution in [-0.2, 0) is 0 Å². The molecule has 0 aliphatic carbocycles. The van der Waals surface area contributed by atoms with Gasteiger partial charge in [0.1, 0.15) is 0 Å². The van der Waals surface area contributed by atoms with Gasteiger partial charge in [-0.3, -0.25) is 0 Å². The molecule has 2 heterocycles. The molecule has 1 aromatic rings. The Hall–Kier alpha value is -1.27. The summed E-state index contributed by atoms with van der Waals surface area (Å²) < 4.78 is 11.8. The van der Waals surface area contributed by atoms with Gasteiger partial charge >= 0.3 is 0 Å². The zero-order valence-corrected chi connectivity index (χ0v) is 15.5. The number of nitrogens with zero attached hydrogens (tertiary/aromatic N) is 2. The van der Waals surface area contributed by atoms with Gasteiger partial charge in [0.2, 0.25) is 0 Å². The SMILES string of the molecule is CCCN1CCC2=NNC(c3ccc(OC)c(OC)c3Br)C2C1. The van der Waals surface area contributed by atoms with Crippen LogP contribution in [0.15, 0.2) is 21.7 Å². The maximum Gasteiger partial charge on any atom is 0.175 e. The van der Waals surface area contributed by atoms with Gasteiger partial charge in [-0.15, -0.1) is 0 Å². The molecule has 1 fully saturated rings. The smallest absolute Gasteiger partial charge is 0.175 e. The number of rotatable bonds is 5. The highest BCUT2D eigenvalue weighted by atomic mass is 79.9. The van der Waals surface area contributed by atoms with Gasteiger partial charge in [0.25, 0.3) is 0 Å². The van der Waals surface area contributed by atoms with Gasteiger partial charge in [-0.25, -0.2) is 0 Å². The lowest BCUT2D eigenvalue weighted by Gasteiger charge is -2.33. The number of halogens is 1. The number of hydrogen-bond acceptors (Lipinski definition) is 5. The van der Waals surface area contributed by atoms with Crippen LogP contribution in [-0.4, -0.2) is 44.5 Å². The summed E-state index contributed by atoms with van der Waals surface area (Å²) in [5, 5.41) is 4.60. The van der Waals surface area contributed by atoms with Crippen LogP contribution in [0.4, 0.5) is 0 Å². The van der Waals surface area contributed by atoms with Crippen molar-refractivity contribution < 1.29 is 9.47 Å². The first-order valence-electron chi connectivity index (χ1n) is 8.14. The summed E-state index contributed by atoms with van der Waals surface area (Å²) in [6.07, 6.45) is 2.25. The molecule has 0 amide bonds. The molecule has 0 aromatic heterocycles. The minimum Gasteiger partial charge on any atom is -0.493 e. The second kappa shape index (κ2) is 7.09. The predicted molar refractivity (Wildman–Crippen MR) is 95.4 cm³/mol. The summed E-state index contributed by atoms with van der Waals surface area (Å²) in [6.45, 7) is 5.57. The third-order valence-electron chi connectivity index (χ3n) is 4.71. The third kappa shape index (κ3) is 3.06. The van der Waals surface area contributed by atoms with Crippen LogP contribution in [0.25, 0.3) is 0 Å². The van der Waals surface area contributed by atoms with Crippen molar-refractivity contribution in [3.63, 3.8) is 0 Å². The number of benzene rings is 1. The normalized spacial score (nSPS) is 23.9. The fourth-order valence-electron chi connectivity index (χ4n) is 3.56. The summed E-state index contributed by atoms with van der Waals surface area (Å²) in [5.74, 6) is 1.89. The highest BCUT2D eigenvalue weighted by molar-refractivity contribution is 9.10. The molecule has 1 saturated heterocycles. The molecule has 2 aliphatic heterocycles.